The second kappa shape index (κ2) is 9.69. The van der Waals surface area contributed by atoms with Crippen molar-refractivity contribution in [3.05, 3.63) is 11.6 Å². The van der Waals surface area contributed by atoms with E-state index >= 15 is 0 Å². The fourth-order valence-corrected chi connectivity index (χ4v) is 9.63. The van der Waals surface area contributed by atoms with Gasteiger partial charge in [-0.3, -0.25) is 4.79 Å². The number of hydrogen-bond donors (Lipinski definition) is 0. The molecule has 5 unspecified atom stereocenters. The molecule has 0 aromatic carbocycles. The van der Waals surface area contributed by atoms with Crippen molar-refractivity contribution in [1.82, 2.24) is 0 Å². The largest absolute Gasteiger partial charge is 0.462 e. The van der Waals surface area contributed by atoms with Gasteiger partial charge in [0.25, 0.3) is 0 Å². The molecule has 4 aliphatic rings. The van der Waals surface area contributed by atoms with Gasteiger partial charge < -0.3 is 4.74 Å². The van der Waals surface area contributed by atoms with Gasteiger partial charge in [0.1, 0.15) is 6.10 Å². The number of carbonyl (C=O) groups is 1. The third-order valence-corrected chi connectivity index (χ3v) is 11.6. The summed E-state index contributed by atoms with van der Waals surface area (Å²) in [7, 11) is 0. The fraction of sp³-hybridized carbons (Fsp3) is 0.903. The quantitative estimate of drug-likeness (QED) is 0.283. The average Bonchev–Trinajstić information content (AvgIpc) is 3.11. The van der Waals surface area contributed by atoms with Crippen LogP contribution in [0, 0.1) is 52.3 Å². The maximum Gasteiger partial charge on any atom is 0.302 e. The van der Waals surface area contributed by atoms with Gasteiger partial charge in [-0.1, -0.05) is 66.0 Å². The van der Waals surface area contributed by atoms with E-state index in [0.29, 0.717) is 10.8 Å². The predicted octanol–water partition coefficient (Wildman–Crippen LogP) is 8.60. The Morgan fingerprint density at radius 2 is 1.82 bits per heavy atom. The molecule has 188 valence electrons. The van der Waals surface area contributed by atoms with Crippen molar-refractivity contribution in [2.75, 3.05) is 0 Å². The third kappa shape index (κ3) is 4.58. The summed E-state index contributed by atoms with van der Waals surface area (Å²) in [5, 5.41) is 0. The van der Waals surface area contributed by atoms with E-state index in [2.05, 4.69) is 47.6 Å². The van der Waals surface area contributed by atoms with E-state index in [4.69, 9.17) is 4.74 Å². The number of ether oxygens (including phenoxy) is 1. The number of allylic oxidation sites excluding steroid dienone is 1. The summed E-state index contributed by atoms with van der Waals surface area (Å²) in [6.45, 7) is 16.6. The molecule has 0 spiro atoms. The second-order valence-electron chi connectivity index (χ2n) is 13.4. The topological polar surface area (TPSA) is 26.3 Å². The van der Waals surface area contributed by atoms with Crippen molar-refractivity contribution >= 4 is 5.97 Å². The maximum absolute atomic E-state index is 11.5. The van der Waals surface area contributed by atoms with Crippen LogP contribution in [0.25, 0.3) is 0 Å². The Kier molecular flexibility index (Phi) is 7.43. The molecule has 0 radical (unpaired) electrons. The van der Waals surface area contributed by atoms with Crippen molar-refractivity contribution in [2.24, 2.45) is 52.3 Å². The molecule has 0 amide bonds. The van der Waals surface area contributed by atoms with Gasteiger partial charge in [0.05, 0.1) is 0 Å². The average molecular weight is 457 g/mol. The standard InChI is InChI=1S/C31H52O2/c1-8-23(20(2)3)10-9-21(4)27-13-14-28-26-12-11-24-19-25(33-22(5)32)15-17-30(24,6)29(26)16-18-31(27,28)7/h11,20-21,23,25-29H,8-10,12-19H2,1-7H3/t21?,23?,25-,26?,27+,28?,29?,30-,31+/m0/s1. The van der Waals surface area contributed by atoms with Crippen LogP contribution < -0.4 is 0 Å². The van der Waals surface area contributed by atoms with E-state index in [1.165, 1.54) is 57.8 Å². The predicted molar refractivity (Wildman–Crippen MR) is 138 cm³/mol. The van der Waals surface area contributed by atoms with Crippen LogP contribution in [-0.2, 0) is 9.53 Å². The van der Waals surface area contributed by atoms with Gasteiger partial charge in [-0.2, -0.15) is 0 Å². The fourth-order valence-electron chi connectivity index (χ4n) is 9.63. The molecule has 0 aromatic rings. The van der Waals surface area contributed by atoms with Crippen molar-refractivity contribution in [1.29, 1.82) is 0 Å². The van der Waals surface area contributed by atoms with E-state index in [0.717, 1.165) is 54.3 Å². The first-order valence-electron chi connectivity index (χ1n) is 14.5. The van der Waals surface area contributed by atoms with Crippen molar-refractivity contribution in [3.63, 3.8) is 0 Å². The lowest BCUT2D eigenvalue weighted by molar-refractivity contribution is -0.148. The molecule has 0 aliphatic heterocycles. The van der Waals surface area contributed by atoms with E-state index in [-0.39, 0.29) is 12.1 Å². The Morgan fingerprint density at radius 3 is 2.48 bits per heavy atom. The number of rotatable bonds is 7. The van der Waals surface area contributed by atoms with Crippen LogP contribution in [-0.4, -0.2) is 12.1 Å². The van der Waals surface area contributed by atoms with Crippen molar-refractivity contribution in [3.8, 4) is 0 Å². The SMILES string of the molecule is CCC(CCC(C)[C@H]1CCC2C3CC=C4C[C@@H](OC(C)=O)CC[C@]4(C)C3CC[C@@]21C)C(C)C. The Hall–Kier alpha value is -0.790. The van der Waals surface area contributed by atoms with Crippen LogP contribution in [0.5, 0.6) is 0 Å². The van der Waals surface area contributed by atoms with E-state index in [1.807, 2.05) is 0 Å². The molecular formula is C31H52O2. The molecule has 9 atom stereocenters. The zero-order chi connectivity index (χ0) is 24.0. The normalized spacial score (nSPS) is 42.1. The lowest BCUT2D eigenvalue weighted by Crippen LogP contribution is -2.51. The molecule has 33 heavy (non-hydrogen) atoms. The molecule has 3 fully saturated rings. The molecule has 4 rings (SSSR count). The lowest BCUT2D eigenvalue weighted by atomic mass is 9.47. The summed E-state index contributed by atoms with van der Waals surface area (Å²) in [4.78, 5) is 11.5. The summed E-state index contributed by atoms with van der Waals surface area (Å²) >= 11 is 0. The Balaban J connectivity index is 1.46. The van der Waals surface area contributed by atoms with Crippen molar-refractivity contribution in [2.45, 2.75) is 125 Å². The van der Waals surface area contributed by atoms with Crippen LogP contribution in [0.15, 0.2) is 11.6 Å². The molecule has 2 heteroatoms. The second-order valence-corrected chi connectivity index (χ2v) is 13.4. The summed E-state index contributed by atoms with van der Waals surface area (Å²) in [6.07, 6.45) is 17.2. The van der Waals surface area contributed by atoms with E-state index < -0.39 is 0 Å². The van der Waals surface area contributed by atoms with Gasteiger partial charge in [-0.15, -0.1) is 0 Å². The first-order chi connectivity index (χ1) is 15.6. The van der Waals surface area contributed by atoms with Gasteiger partial charge in [-0.25, -0.2) is 0 Å². The van der Waals surface area contributed by atoms with Crippen LogP contribution in [0.2, 0.25) is 0 Å². The molecule has 4 aliphatic carbocycles. The molecule has 0 saturated heterocycles. The Bertz CT molecular complexity index is 737. The monoisotopic (exact) mass is 456 g/mol. The highest BCUT2D eigenvalue weighted by atomic mass is 16.5. The Morgan fingerprint density at radius 1 is 1.06 bits per heavy atom. The molecule has 0 bridgehead atoms. The molecule has 0 aromatic heterocycles. The highest BCUT2D eigenvalue weighted by molar-refractivity contribution is 5.66. The van der Waals surface area contributed by atoms with Gasteiger partial charge >= 0.3 is 5.97 Å². The zero-order valence-electron chi connectivity index (χ0n) is 22.8. The van der Waals surface area contributed by atoms with Crippen LogP contribution >= 0.6 is 0 Å². The summed E-state index contributed by atoms with van der Waals surface area (Å²) < 4.78 is 5.63. The molecule has 2 nitrogen and oxygen atoms in total. The van der Waals surface area contributed by atoms with Gasteiger partial charge in [0.15, 0.2) is 0 Å². The van der Waals surface area contributed by atoms with E-state index in [1.54, 1.807) is 12.5 Å². The number of carbonyl (C=O) groups excluding carboxylic acids is 1. The van der Waals surface area contributed by atoms with E-state index in [9.17, 15) is 4.79 Å². The molecule has 0 N–H and O–H groups in total. The van der Waals surface area contributed by atoms with Crippen LogP contribution in [0.4, 0.5) is 0 Å². The number of hydrogen-bond acceptors (Lipinski definition) is 2. The molecular weight excluding hydrogens is 404 g/mol. The summed E-state index contributed by atoms with van der Waals surface area (Å²) in [6, 6.07) is 0. The minimum atomic E-state index is -0.115. The minimum absolute atomic E-state index is 0.113. The third-order valence-electron chi connectivity index (χ3n) is 11.6. The van der Waals surface area contributed by atoms with Crippen molar-refractivity contribution < 1.29 is 9.53 Å². The summed E-state index contributed by atoms with van der Waals surface area (Å²) in [5.74, 6) is 6.03. The smallest absolute Gasteiger partial charge is 0.302 e. The maximum atomic E-state index is 11.5. The lowest BCUT2D eigenvalue weighted by Gasteiger charge is -2.58. The summed E-state index contributed by atoms with van der Waals surface area (Å²) in [5.41, 5.74) is 2.51. The number of esters is 1. The van der Waals surface area contributed by atoms with Gasteiger partial charge in [0.2, 0.25) is 0 Å². The minimum Gasteiger partial charge on any atom is -0.462 e. The molecule has 0 heterocycles. The van der Waals surface area contributed by atoms with Crippen LogP contribution in [0.3, 0.4) is 0 Å². The first-order valence-corrected chi connectivity index (χ1v) is 14.5. The van der Waals surface area contributed by atoms with Gasteiger partial charge in [-0.05, 0) is 104 Å². The van der Waals surface area contributed by atoms with Gasteiger partial charge in [0, 0.05) is 13.3 Å². The molecule has 3 saturated carbocycles. The highest BCUT2D eigenvalue weighted by Crippen LogP contribution is 2.67. The first kappa shape index (κ1) is 25.3. The number of fused-ring (bicyclic) bond motifs is 5. The van der Waals surface area contributed by atoms with Crippen LogP contribution in [0.1, 0.15) is 119 Å². The Labute approximate surface area is 204 Å². The zero-order valence-corrected chi connectivity index (χ0v) is 22.8. The highest BCUT2D eigenvalue weighted by Gasteiger charge is 2.59.